The van der Waals surface area contributed by atoms with Gasteiger partial charge in [-0.2, -0.15) is 0 Å². The second-order valence-electron chi connectivity index (χ2n) is 11.0. The molecule has 4 aromatic rings. The van der Waals surface area contributed by atoms with Crippen molar-refractivity contribution in [3.63, 3.8) is 0 Å². The van der Waals surface area contributed by atoms with Crippen LogP contribution < -0.4 is 0 Å². The van der Waals surface area contributed by atoms with Crippen LogP contribution in [0.2, 0.25) is 0 Å². The summed E-state index contributed by atoms with van der Waals surface area (Å²) in [6.07, 6.45) is 10.7. The van der Waals surface area contributed by atoms with Crippen molar-refractivity contribution >= 4 is 7.92 Å². The normalized spacial score (nSPS) is 23.2. The van der Waals surface area contributed by atoms with E-state index >= 15 is 0 Å². The Labute approximate surface area is 232 Å². The third kappa shape index (κ3) is 6.47. The second-order valence-corrected chi connectivity index (χ2v) is 13.6. The SMILES string of the molecule is CCCCCCCCP1C(c2ccccc2)C(c2ccccc2)CC(c2ccccc2)C1c1ccccc1. The Morgan fingerprint density at radius 1 is 0.474 bits per heavy atom. The number of rotatable bonds is 11. The number of benzene rings is 4. The Morgan fingerprint density at radius 3 is 1.26 bits per heavy atom. The molecule has 1 saturated heterocycles. The van der Waals surface area contributed by atoms with E-state index < -0.39 is 0 Å². The molecule has 0 N–H and O–H groups in total. The van der Waals surface area contributed by atoms with E-state index in [0.29, 0.717) is 23.2 Å². The van der Waals surface area contributed by atoms with E-state index in [1.165, 1.54) is 62.2 Å². The van der Waals surface area contributed by atoms with Crippen LogP contribution in [-0.4, -0.2) is 6.16 Å². The Kier molecular flexibility index (Phi) is 9.85. The molecule has 1 fully saturated rings. The van der Waals surface area contributed by atoms with Gasteiger partial charge in [0.25, 0.3) is 0 Å². The predicted molar refractivity (Wildman–Crippen MR) is 167 cm³/mol. The largest absolute Gasteiger partial charge is 0.0901 e. The molecule has 4 unspecified atom stereocenters. The summed E-state index contributed by atoms with van der Waals surface area (Å²) in [7, 11) is -0.302. The molecule has 196 valence electrons. The van der Waals surface area contributed by atoms with Gasteiger partial charge in [-0.25, -0.2) is 0 Å². The molecular formula is C37H43P. The summed E-state index contributed by atoms with van der Waals surface area (Å²) in [6, 6.07) is 46.0. The van der Waals surface area contributed by atoms with Crippen LogP contribution in [0.3, 0.4) is 0 Å². The summed E-state index contributed by atoms with van der Waals surface area (Å²) in [5.74, 6) is 1.07. The van der Waals surface area contributed by atoms with E-state index in [2.05, 4.69) is 128 Å². The smallest absolute Gasteiger partial charge is 0.0116 e. The number of unbranched alkanes of at least 4 members (excludes halogenated alkanes) is 5. The van der Waals surface area contributed by atoms with Gasteiger partial charge in [0, 0.05) is 11.3 Å². The molecular weight excluding hydrogens is 475 g/mol. The lowest BCUT2D eigenvalue weighted by Gasteiger charge is -2.49. The van der Waals surface area contributed by atoms with Gasteiger partial charge in [0.05, 0.1) is 0 Å². The summed E-state index contributed by atoms with van der Waals surface area (Å²) in [5, 5.41) is 0. The summed E-state index contributed by atoms with van der Waals surface area (Å²) in [4.78, 5) is 0. The van der Waals surface area contributed by atoms with Crippen molar-refractivity contribution in [2.45, 2.75) is 75.0 Å². The molecule has 0 radical (unpaired) electrons. The minimum atomic E-state index is -0.302. The van der Waals surface area contributed by atoms with E-state index in [1.807, 2.05) is 0 Å². The minimum Gasteiger partial charge on any atom is -0.0901 e. The molecule has 4 aromatic carbocycles. The lowest BCUT2D eigenvalue weighted by molar-refractivity contribution is 0.472. The van der Waals surface area contributed by atoms with Crippen LogP contribution in [0.15, 0.2) is 121 Å². The molecule has 0 amide bonds. The maximum Gasteiger partial charge on any atom is 0.0116 e. The Hall–Kier alpha value is -2.69. The fourth-order valence-electron chi connectivity index (χ4n) is 6.70. The van der Waals surface area contributed by atoms with Gasteiger partial charge < -0.3 is 0 Å². The Balaban J connectivity index is 1.59. The monoisotopic (exact) mass is 518 g/mol. The van der Waals surface area contributed by atoms with Crippen molar-refractivity contribution in [2.75, 3.05) is 6.16 Å². The van der Waals surface area contributed by atoms with Crippen LogP contribution in [0, 0.1) is 0 Å². The van der Waals surface area contributed by atoms with E-state index in [-0.39, 0.29) is 7.92 Å². The van der Waals surface area contributed by atoms with Crippen molar-refractivity contribution in [3.05, 3.63) is 144 Å². The van der Waals surface area contributed by atoms with E-state index in [9.17, 15) is 0 Å². The fraction of sp³-hybridized carbons (Fsp3) is 0.351. The first-order chi connectivity index (χ1) is 18.9. The standard InChI is InChI=1S/C37H43P/c1-2-3-4-5-6-19-28-38-36(32-24-15-9-16-25-32)34(30-20-11-7-12-21-30)29-35(31-22-13-8-14-23-31)37(38)33-26-17-10-18-27-33/h7-18,20-27,34-37H,2-6,19,28-29H2,1H3. The van der Waals surface area contributed by atoms with Gasteiger partial charge in [0.15, 0.2) is 0 Å². The zero-order valence-corrected chi connectivity index (χ0v) is 23.9. The van der Waals surface area contributed by atoms with Crippen LogP contribution in [0.5, 0.6) is 0 Å². The topological polar surface area (TPSA) is 0 Å². The van der Waals surface area contributed by atoms with Crippen molar-refractivity contribution in [2.24, 2.45) is 0 Å². The van der Waals surface area contributed by atoms with Crippen LogP contribution in [0.4, 0.5) is 0 Å². The van der Waals surface area contributed by atoms with Gasteiger partial charge in [-0.05, 0) is 53.1 Å². The van der Waals surface area contributed by atoms with Crippen LogP contribution in [0.25, 0.3) is 0 Å². The highest BCUT2D eigenvalue weighted by atomic mass is 31.1. The zero-order valence-electron chi connectivity index (χ0n) is 23.0. The highest BCUT2D eigenvalue weighted by molar-refractivity contribution is 7.58. The van der Waals surface area contributed by atoms with Crippen LogP contribution in [0.1, 0.15) is 97.3 Å². The molecule has 0 aliphatic carbocycles. The molecule has 0 saturated carbocycles. The second kappa shape index (κ2) is 13.9. The first kappa shape index (κ1) is 26.9. The number of hydrogen-bond acceptors (Lipinski definition) is 0. The average molecular weight is 519 g/mol. The van der Waals surface area contributed by atoms with Gasteiger partial charge in [0.2, 0.25) is 0 Å². The summed E-state index contributed by atoms with van der Waals surface area (Å²) in [6.45, 7) is 2.31. The molecule has 1 aliphatic rings. The fourth-order valence-corrected chi connectivity index (χ4v) is 10.8. The van der Waals surface area contributed by atoms with Crippen LogP contribution >= 0.6 is 7.92 Å². The zero-order chi connectivity index (χ0) is 26.0. The summed E-state index contributed by atoms with van der Waals surface area (Å²) >= 11 is 0. The van der Waals surface area contributed by atoms with E-state index in [0.717, 1.165) is 0 Å². The van der Waals surface area contributed by atoms with Gasteiger partial charge in [-0.15, -0.1) is 0 Å². The first-order valence-electron chi connectivity index (χ1n) is 14.8. The van der Waals surface area contributed by atoms with Crippen molar-refractivity contribution < 1.29 is 0 Å². The molecule has 1 aliphatic heterocycles. The van der Waals surface area contributed by atoms with Crippen molar-refractivity contribution in [1.29, 1.82) is 0 Å². The molecule has 1 heteroatoms. The van der Waals surface area contributed by atoms with E-state index in [1.54, 1.807) is 11.1 Å². The lowest BCUT2D eigenvalue weighted by Crippen LogP contribution is -2.27. The third-order valence-corrected chi connectivity index (χ3v) is 12.1. The maximum absolute atomic E-state index is 2.42. The quantitative estimate of drug-likeness (QED) is 0.137. The number of hydrogen-bond donors (Lipinski definition) is 0. The van der Waals surface area contributed by atoms with Crippen molar-refractivity contribution in [3.8, 4) is 0 Å². The average Bonchev–Trinajstić information content (AvgIpc) is 3.00. The molecule has 0 nitrogen and oxygen atoms in total. The molecule has 1 heterocycles. The minimum absolute atomic E-state index is 0.302. The summed E-state index contributed by atoms with van der Waals surface area (Å²) < 4.78 is 0. The van der Waals surface area contributed by atoms with Gasteiger partial charge in [-0.1, -0.05) is 168 Å². The summed E-state index contributed by atoms with van der Waals surface area (Å²) in [5.41, 5.74) is 7.29. The van der Waals surface area contributed by atoms with E-state index in [4.69, 9.17) is 0 Å². The lowest BCUT2D eigenvalue weighted by atomic mass is 9.78. The van der Waals surface area contributed by atoms with Gasteiger partial charge >= 0.3 is 0 Å². The molecule has 0 bridgehead atoms. The van der Waals surface area contributed by atoms with Gasteiger partial charge in [0.1, 0.15) is 0 Å². The predicted octanol–water partition coefficient (Wildman–Crippen LogP) is 11.3. The highest BCUT2D eigenvalue weighted by Gasteiger charge is 2.46. The molecule has 38 heavy (non-hydrogen) atoms. The highest BCUT2D eigenvalue weighted by Crippen LogP contribution is 2.74. The molecule has 0 spiro atoms. The maximum atomic E-state index is 2.42. The Morgan fingerprint density at radius 2 is 0.842 bits per heavy atom. The van der Waals surface area contributed by atoms with Crippen LogP contribution in [-0.2, 0) is 0 Å². The third-order valence-electron chi connectivity index (χ3n) is 8.49. The van der Waals surface area contributed by atoms with Gasteiger partial charge in [-0.3, -0.25) is 0 Å². The van der Waals surface area contributed by atoms with Crippen molar-refractivity contribution in [1.82, 2.24) is 0 Å². The Bertz CT molecular complexity index is 1100. The molecule has 0 aromatic heterocycles. The molecule has 4 atom stereocenters. The first-order valence-corrected chi connectivity index (χ1v) is 16.5. The molecule has 5 rings (SSSR count).